The molecule has 2 aromatic rings. The standard InChI is InChI=1S/C15H17FN4O2/c1-22-10-11-7-19-5-4-18-14(19)9-20(8-11)15(21)12-2-3-17-6-13(12)16/h2-6,11H,7-10H2,1H3. The Balaban J connectivity index is 1.89. The van der Waals surface area contributed by atoms with Gasteiger partial charge in [0.1, 0.15) is 5.82 Å². The summed E-state index contributed by atoms with van der Waals surface area (Å²) in [5.74, 6) is -0.0310. The van der Waals surface area contributed by atoms with E-state index < -0.39 is 5.82 Å². The zero-order valence-electron chi connectivity index (χ0n) is 12.3. The van der Waals surface area contributed by atoms with Gasteiger partial charge >= 0.3 is 0 Å². The molecule has 0 saturated heterocycles. The summed E-state index contributed by atoms with van der Waals surface area (Å²) in [7, 11) is 1.63. The van der Waals surface area contributed by atoms with E-state index in [4.69, 9.17) is 4.74 Å². The predicted molar refractivity (Wildman–Crippen MR) is 76.5 cm³/mol. The smallest absolute Gasteiger partial charge is 0.257 e. The van der Waals surface area contributed by atoms with Crippen molar-refractivity contribution in [3.63, 3.8) is 0 Å². The van der Waals surface area contributed by atoms with Gasteiger partial charge in [-0.25, -0.2) is 9.37 Å². The zero-order chi connectivity index (χ0) is 15.5. The fourth-order valence-electron chi connectivity index (χ4n) is 2.76. The molecule has 0 N–H and O–H groups in total. The molecule has 6 nitrogen and oxygen atoms in total. The first-order chi connectivity index (χ1) is 10.7. The first-order valence-corrected chi connectivity index (χ1v) is 7.06. The second-order valence-corrected chi connectivity index (χ2v) is 5.36. The molecule has 0 saturated carbocycles. The second-order valence-electron chi connectivity index (χ2n) is 5.36. The largest absolute Gasteiger partial charge is 0.384 e. The predicted octanol–water partition coefficient (Wildman–Crippen LogP) is 1.34. The molecule has 3 heterocycles. The number of aromatic nitrogens is 3. The molecule has 116 valence electrons. The van der Waals surface area contributed by atoms with Crippen LogP contribution in [-0.4, -0.2) is 45.6 Å². The van der Waals surface area contributed by atoms with E-state index in [1.54, 1.807) is 18.2 Å². The van der Waals surface area contributed by atoms with Crippen LogP contribution in [0.1, 0.15) is 16.2 Å². The van der Waals surface area contributed by atoms with Crippen molar-refractivity contribution in [2.75, 3.05) is 20.3 Å². The van der Waals surface area contributed by atoms with Crippen LogP contribution < -0.4 is 0 Å². The highest BCUT2D eigenvalue weighted by Gasteiger charge is 2.27. The summed E-state index contributed by atoms with van der Waals surface area (Å²) >= 11 is 0. The number of pyridine rings is 1. The Morgan fingerprint density at radius 1 is 1.45 bits per heavy atom. The molecule has 0 aliphatic carbocycles. The molecule has 0 fully saturated rings. The summed E-state index contributed by atoms with van der Waals surface area (Å²) in [4.78, 5) is 22.2. The van der Waals surface area contributed by atoms with Crippen molar-refractivity contribution in [1.29, 1.82) is 0 Å². The molecule has 0 radical (unpaired) electrons. The maximum Gasteiger partial charge on any atom is 0.257 e. The lowest BCUT2D eigenvalue weighted by Crippen LogP contribution is -2.35. The maximum atomic E-state index is 13.8. The number of carbonyl (C=O) groups is 1. The number of hydrogen-bond donors (Lipinski definition) is 0. The highest BCUT2D eigenvalue weighted by Crippen LogP contribution is 2.19. The SMILES string of the molecule is COCC1CN(C(=O)c2ccncc2F)Cc2nccn2C1. The number of hydrogen-bond acceptors (Lipinski definition) is 4. The Morgan fingerprint density at radius 2 is 2.32 bits per heavy atom. The van der Waals surface area contributed by atoms with Gasteiger partial charge in [0, 0.05) is 44.7 Å². The van der Waals surface area contributed by atoms with Crippen LogP contribution in [0.25, 0.3) is 0 Å². The van der Waals surface area contributed by atoms with Crippen molar-refractivity contribution in [3.8, 4) is 0 Å². The average molecular weight is 304 g/mol. The normalized spacial score (nSPS) is 17.9. The summed E-state index contributed by atoms with van der Waals surface area (Å²) in [5.41, 5.74) is 0.0335. The maximum absolute atomic E-state index is 13.8. The highest BCUT2D eigenvalue weighted by atomic mass is 19.1. The fourth-order valence-corrected chi connectivity index (χ4v) is 2.76. The summed E-state index contributed by atoms with van der Waals surface area (Å²) in [5, 5.41) is 0. The molecule has 1 unspecified atom stereocenters. The molecule has 0 spiro atoms. The Labute approximate surface area is 127 Å². The van der Waals surface area contributed by atoms with Gasteiger partial charge in [0.15, 0.2) is 5.82 Å². The molecule has 0 aromatic carbocycles. The molecule has 1 amide bonds. The third-order valence-corrected chi connectivity index (χ3v) is 3.76. The molecule has 22 heavy (non-hydrogen) atoms. The van der Waals surface area contributed by atoms with E-state index in [2.05, 4.69) is 9.97 Å². The number of ether oxygens (including phenoxy) is 1. The number of fused-ring (bicyclic) bond motifs is 1. The first kappa shape index (κ1) is 14.6. The number of nitrogens with zero attached hydrogens (tertiary/aromatic N) is 4. The van der Waals surface area contributed by atoms with Crippen LogP contribution in [0.4, 0.5) is 4.39 Å². The molecule has 2 aromatic heterocycles. The topological polar surface area (TPSA) is 60.2 Å². The first-order valence-electron chi connectivity index (χ1n) is 7.06. The van der Waals surface area contributed by atoms with E-state index in [-0.39, 0.29) is 17.4 Å². The fraction of sp³-hybridized carbons (Fsp3) is 0.400. The third-order valence-electron chi connectivity index (χ3n) is 3.76. The van der Waals surface area contributed by atoms with Crippen LogP contribution >= 0.6 is 0 Å². The third kappa shape index (κ3) is 2.85. The van der Waals surface area contributed by atoms with Crippen LogP contribution in [0.3, 0.4) is 0 Å². The lowest BCUT2D eigenvalue weighted by Gasteiger charge is -2.23. The zero-order valence-corrected chi connectivity index (χ0v) is 12.3. The Bertz CT molecular complexity index is 673. The summed E-state index contributed by atoms with van der Waals surface area (Å²) in [6.45, 7) is 2.11. The van der Waals surface area contributed by atoms with E-state index in [0.29, 0.717) is 19.7 Å². The molecular weight excluding hydrogens is 287 g/mol. The van der Waals surface area contributed by atoms with E-state index in [1.807, 2.05) is 10.8 Å². The van der Waals surface area contributed by atoms with Gasteiger partial charge in [-0.15, -0.1) is 0 Å². The molecule has 1 aliphatic rings. The summed E-state index contributed by atoms with van der Waals surface area (Å²) in [6, 6.07) is 1.40. The quantitative estimate of drug-likeness (QED) is 0.858. The minimum absolute atomic E-state index is 0.0335. The van der Waals surface area contributed by atoms with Crippen molar-refractivity contribution < 1.29 is 13.9 Å². The monoisotopic (exact) mass is 304 g/mol. The molecular formula is C15H17FN4O2. The van der Waals surface area contributed by atoms with Gasteiger partial charge in [0.2, 0.25) is 0 Å². The lowest BCUT2D eigenvalue weighted by atomic mass is 10.1. The van der Waals surface area contributed by atoms with Crippen LogP contribution in [0.15, 0.2) is 30.9 Å². The van der Waals surface area contributed by atoms with E-state index in [1.165, 1.54) is 12.3 Å². The van der Waals surface area contributed by atoms with Crippen LogP contribution in [0, 0.1) is 11.7 Å². The molecule has 0 bridgehead atoms. The minimum atomic E-state index is -0.608. The van der Waals surface area contributed by atoms with Gasteiger partial charge in [-0.2, -0.15) is 0 Å². The van der Waals surface area contributed by atoms with Gasteiger partial charge in [-0.3, -0.25) is 9.78 Å². The van der Waals surface area contributed by atoms with Gasteiger partial charge < -0.3 is 14.2 Å². The van der Waals surface area contributed by atoms with E-state index >= 15 is 0 Å². The van der Waals surface area contributed by atoms with E-state index in [9.17, 15) is 9.18 Å². The van der Waals surface area contributed by atoms with Crippen molar-refractivity contribution in [1.82, 2.24) is 19.4 Å². The molecule has 3 rings (SSSR count). The van der Waals surface area contributed by atoms with Gasteiger partial charge in [-0.05, 0) is 6.07 Å². The van der Waals surface area contributed by atoms with Crippen LogP contribution in [-0.2, 0) is 17.8 Å². The van der Waals surface area contributed by atoms with Crippen molar-refractivity contribution >= 4 is 5.91 Å². The number of halogens is 1. The van der Waals surface area contributed by atoms with Gasteiger partial charge in [0.25, 0.3) is 5.91 Å². The van der Waals surface area contributed by atoms with Crippen LogP contribution in [0.2, 0.25) is 0 Å². The molecule has 1 aliphatic heterocycles. The summed E-state index contributed by atoms with van der Waals surface area (Å²) < 4.78 is 21.1. The molecule has 7 heteroatoms. The number of amides is 1. The van der Waals surface area contributed by atoms with Crippen molar-refractivity contribution in [2.24, 2.45) is 5.92 Å². The minimum Gasteiger partial charge on any atom is -0.384 e. The second kappa shape index (κ2) is 6.23. The van der Waals surface area contributed by atoms with Crippen molar-refractivity contribution in [2.45, 2.75) is 13.1 Å². The lowest BCUT2D eigenvalue weighted by molar-refractivity contribution is 0.0661. The van der Waals surface area contributed by atoms with Crippen molar-refractivity contribution in [3.05, 3.63) is 48.1 Å². The number of imidazole rings is 1. The Kier molecular flexibility index (Phi) is 4.15. The highest BCUT2D eigenvalue weighted by molar-refractivity contribution is 5.94. The van der Waals surface area contributed by atoms with Gasteiger partial charge in [0.05, 0.1) is 24.9 Å². The number of rotatable bonds is 3. The number of carbonyl (C=O) groups excluding carboxylic acids is 1. The Morgan fingerprint density at radius 3 is 3.09 bits per heavy atom. The van der Waals surface area contributed by atoms with Crippen LogP contribution in [0.5, 0.6) is 0 Å². The summed E-state index contributed by atoms with van der Waals surface area (Å²) in [6.07, 6.45) is 6.07. The molecule has 1 atom stereocenters. The average Bonchev–Trinajstić information content (AvgIpc) is 2.86. The van der Waals surface area contributed by atoms with Gasteiger partial charge in [-0.1, -0.05) is 0 Å². The number of methoxy groups -OCH3 is 1. The van der Waals surface area contributed by atoms with E-state index in [0.717, 1.165) is 18.6 Å². The Hall–Kier alpha value is -2.28.